The monoisotopic (exact) mass is 228 g/mol. The number of ketones is 1. The van der Waals surface area contributed by atoms with Crippen molar-refractivity contribution in [2.24, 2.45) is 0 Å². The van der Waals surface area contributed by atoms with Crippen molar-refractivity contribution in [3.8, 4) is 0 Å². The smallest absolute Gasteiger partial charge is 0.132 e. The molecule has 0 aliphatic heterocycles. The van der Waals surface area contributed by atoms with Gasteiger partial charge in [0, 0.05) is 12.8 Å². The summed E-state index contributed by atoms with van der Waals surface area (Å²) in [4.78, 5) is 11.0. The van der Waals surface area contributed by atoms with E-state index >= 15 is 0 Å². The van der Waals surface area contributed by atoms with Crippen LogP contribution in [0.3, 0.4) is 0 Å². The molecule has 0 saturated heterocycles. The molecule has 0 saturated carbocycles. The van der Waals surface area contributed by atoms with E-state index in [1.165, 1.54) is 5.56 Å². The topological polar surface area (TPSA) is 17.1 Å². The third-order valence-corrected chi connectivity index (χ3v) is 2.56. The quantitative estimate of drug-likeness (QED) is 0.642. The largest absolute Gasteiger partial charge is 0.300 e. The van der Waals surface area contributed by atoms with Crippen molar-refractivity contribution in [1.82, 2.24) is 0 Å². The van der Waals surface area contributed by atoms with E-state index in [1.54, 1.807) is 0 Å². The van der Waals surface area contributed by atoms with Gasteiger partial charge in [-0.05, 0) is 18.4 Å². The normalized spacial score (nSPS) is 11.4. The van der Waals surface area contributed by atoms with Crippen LogP contribution in [-0.4, -0.2) is 5.78 Å². The van der Waals surface area contributed by atoms with Gasteiger partial charge in [-0.2, -0.15) is 0 Å². The van der Waals surface area contributed by atoms with E-state index in [-0.39, 0.29) is 0 Å². The van der Waals surface area contributed by atoms with E-state index in [1.807, 2.05) is 25.1 Å². The summed E-state index contributed by atoms with van der Waals surface area (Å²) in [6, 6.07) is 10.4. The van der Waals surface area contributed by atoms with Crippen LogP contribution in [0.5, 0.6) is 0 Å². The highest BCUT2D eigenvalue weighted by Gasteiger charge is 1.93. The summed E-state index contributed by atoms with van der Waals surface area (Å²) in [5.41, 5.74) is 1.32. The first kappa shape index (κ1) is 13.4. The minimum atomic E-state index is 0.336. The highest BCUT2D eigenvalue weighted by Crippen LogP contribution is 2.00. The molecule has 0 heterocycles. The zero-order chi connectivity index (χ0) is 12.3. The number of allylic oxidation sites excluding steroid dienone is 4. The molecule has 0 fully saturated rings. The fraction of sp³-hybridized carbons (Fsp3) is 0.312. The van der Waals surface area contributed by atoms with E-state index in [2.05, 4.69) is 36.4 Å². The van der Waals surface area contributed by atoms with E-state index < -0.39 is 0 Å². The SMILES string of the molecule is CCC(=O)CC/C=C\C=C\Cc1ccccc1. The second-order valence-corrected chi connectivity index (χ2v) is 3.98. The molecule has 0 amide bonds. The third-order valence-electron chi connectivity index (χ3n) is 2.56. The van der Waals surface area contributed by atoms with E-state index in [0.29, 0.717) is 18.6 Å². The molecule has 1 aromatic carbocycles. The van der Waals surface area contributed by atoms with Gasteiger partial charge in [-0.15, -0.1) is 0 Å². The van der Waals surface area contributed by atoms with E-state index in [0.717, 1.165) is 12.8 Å². The third kappa shape index (κ3) is 6.52. The average Bonchev–Trinajstić information content (AvgIpc) is 2.38. The van der Waals surface area contributed by atoms with Crippen LogP contribution in [0.25, 0.3) is 0 Å². The summed E-state index contributed by atoms with van der Waals surface area (Å²) in [7, 11) is 0. The molecule has 1 rings (SSSR count). The molecule has 90 valence electrons. The number of rotatable bonds is 7. The van der Waals surface area contributed by atoms with Crippen molar-refractivity contribution < 1.29 is 4.79 Å². The number of Topliss-reactive ketones (excluding diaryl/α,β-unsaturated/α-hetero) is 1. The minimum Gasteiger partial charge on any atom is -0.300 e. The molecule has 1 aromatic rings. The van der Waals surface area contributed by atoms with Crippen molar-refractivity contribution in [3.63, 3.8) is 0 Å². The summed E-state index contributed by atoms with van der Waals surface area (Å²) in [6.07, 6.45) is 11.4. The molecular formula is C16H20O. The summed E-state index contributed by atoms with van der Waals surface area (Å²) >= 11 is 0. The van der Waals surface area contributed by atoms with Gasteiger partial charge in [0.15, 0.2) is 0 Å². The second-order valence-electron chi connectivity index (χ2n) is 3.98. The minimum absolute atomic E-state index is 0.336. The molecule has 1 nitrogen and oxygen atoms in total. The van der Waals surface area contributed by atoms with Gasteiger partial charge in [0.25, 0.3) is 0 Å². The predicted molar refractivity (Wildman–Crippen MR) is 73.0 cm³/mol. The maximum absolute atomic E-state index is 11.0. The standard InChI is InChI=1S/C16H20O/c1-2-16(17)14-10-5-3-4-7-11-15-12-8-6-9-13-15/h3-9,12-13H,2,10-11,14H2,1H3/b5-3-,7-4+. The molecular weight excluding hydrogens is 208 g/mol. The first-order valence-corrected chi connectivity index (χ1v) is 6.20. The van der Waals surface area contributed by atoms with Crippen LogP contribution in [0.1, 0.15) is 31.7 Å². The molecule has 0 N–H and O–H groups in total. The van der Waals surface area contributed by atoms with E-state index in [4.69, 9.17) is 0 Å². The Balaban J connectivity index is 2.18. The van der Waals surface area contributed by atoms with Crippen molar-refractivity contribution >= 4 is 5.78 Å². The number of benzene rings is 1. The maximum atomic E-state index is 11.0. The van der Waals surface area contributed by atoms with Gasteiger partial charge in [0.05, 0.1) is 0 Å². The Hall–Kier alpha value is -1.63. The lowest BCUT2D eigenvalue weighted by molar-refractivity contribution is -0.118. The predicted octanol–water partition coefficient (Wildman–Crippen LogP) is 4.10. The van der Waals surface area contributed by atoms with Gasteiger partial charge in [0.2, 0.25) is 0 Å². The molecule has 0 aromatic heterocycles. The fourth-order valence-corrected chi connectivity index (χ4v) is 1.49. The number of carbonyl (C=O) groups excluding carboxylic acids is 1. The maximum Gasteiger partial charge on any atom is 0.132 e. The van der Waals surface area contributed by atoms with Gasteiger partial charge in [0.1, 0.15) is 5.78 Å². The van der Waals surface area contributed by atoms with Crippen LogP contribution >= 0.6 is 0 Å². The molecule has 1 heteroatoms. The molecule has 0 aliphatic rings. The fourth-order valence-electron chi connectivity index (χ4n) is 1.49. The van der Waals surface area contributed by atoms with Crippen molar-refractivity contribution in [2.45, 2.75) is 32.6 Å². The Morgan fingerprint density at radius 2 is 1.82 bits per heavy atom. The zero-order valence-corrected chi connectivity index (χ0v) is 10.4. The molecule has 0 atom stereocenters. The molecule has 0 radical (unpaired) electrons. The lowest BCUT2D eigenvalue weighted by Crippen LogP contribution is -1.92. The van der Waals surface area contributed by atoms with Crippen molar-refractivity contribution in [2.75, 3.05) is 0 Å². The Bertz CT molecular complexity index is 374. The molecule has 0 bridgehead atoms. The second kappa shape index (κ2) is 8.51. The molecule has 0 spiro atoms. The number of hydrogen-bond acceptors (Lipinski definition) is 1. The zero-order valence-electron chi connectivity index (χ0n) is 10.4. The van der Waals surface area contributed by atoms with E-state index in [9.17, 15) is 4.79 Å². The molecule has 0 aliphatic carbocycles. The lowest BCUT2D eigenvalue weighted by Gasteiger charge is -1.93. The first-order valence-electron chi connectivity index (χ1n) is 6.20. The highest BCUT2D eigenvalue weighted by atomic mass is 16.1. The summed E-state index contributed by atoms with van der Waals surface area (Å²) in [5.74, 6) is 0.336. The van der Waals surface area contributed by atoms with Crippen LogP contribution in [0, 0.1) is 0 Å². The van der Waals surface area contributed by atoms with Gasteiger partial charge in [-0.1, -0.05) is 61.6 Å². The van der Waals surface area contributed by atoms with Crippen molar-refractivity contribution in [1.29, 1.82) is 0 Å². The van der Waals surface area contributed by atoms with Crippen LogP contribution in [0.4, 0.5) is 0 Å². The Labute approximate surface area is 104 Å². The Morgan fingerprint density at radius 3 is 2.53 bits per heavy atom. The Kier molecular flexibility index (Phi) is 6.73. The van der Waals surface area contributed by atoms with Crippen LogP contribution in [0.2, 0.25) is 0 Å². The molecule has 0 unspecified atom stereocenters. The highest BCUT2D eigenvalue weighted by molar-refractivity contribution is 5.78. The summed E-state index contributed by atoms with van der Waals surface area (Å²) < 4.78 is 0. The van der Waals surface area contributed by atoms with Crippen LogP contribution in [0.15, 0.2) is 54.6 Å². The number of carbonyl (C=O) groups is 1. The van der Waals surface area contributed by atoms with Crippen LogP contribution < -0.4 is 0 Å². The average molecular weight is 228 g/mol. The van der Waals surface area contributed by atoms with Gasteiger partial charge < -0.3 is 0 Å². The summed E-state index contributed by atoms with van der Waals surface area (Å²) in [6.45, 7) is 1.91. The Morgan fingerprint density at radius 1 is 1.12 bits per heavy atom. The molecule has 17 heavy (non-hydrogen) atoms. The van der Waals surface area contributed by atoms with Crippen LogP contribution in [-0.2, 0) is 11.2 Å². The van der Waals surface area contributed by atoms with Crippen molar-refractivity contribution in [3.05, 3.63) is 60.2 Å². The summed E-state index contributed by atoms with van der Waals surface area (Å²) in [5, 5.41) is 0. The lowest BCUT2D eigenvalue weighted by atomic mass is 10.1. The first-order chi connectivity index (χ1) is 8.33. The van der Waals surface area contributed by atoms with Gasteiger partial charge >= 0.3 is 0 Å². The number of hydrogen-bond donors (Lipinski definition) is 0. The van der Waals surface area contributed by atoms with Gasteiger partial charge in [-0.3, -0.25) is 4.79 Å². The van der Waals surface area contributed by atoms with Gasteiger partial charge in [-0.25, -0.2) is 0 Å².